The molecular weight excluding hydrogens is 470 g/mol. The lowest BCUT2D eigenvalue weighted by molar-refractivity contribution is -0.140. The molecule has 1 saturated heterocycles. The number of phenolic OH excluding ortho intramolecular Hbond substituents is 1. The molecule has 1 amide bonds. The first kappa shape index (κ1) is 23.9. The molecule has 7 heteroatoms. The van der Waals surface area contributed by atoms with E-state index < -0.39 is 17.7 Å². The number of aliphatic hydroxyl groups excluding tert-OH is 1. The van der Waals surface area contributed by atoms with Crippen LogP contribution in [0.5, 0.6) is 11.5 Å². The normalized spacial score (nSPS) is 16.8. The highest BCUT2D eigenvalue weighted by Crippen LogP contribution is 2.41. The van der Waals surface area contributed by atoms with Gasteiger partial charge >= 0.3 is 0 Å². The molecule has 1 unspecified atom stereocenters. The Balaban J connectivity index is 1.47. The van der Waals surface area contributed by atoms with E-state index in [1.165, 1.54) is 23.3 Å². The predicted octanol–water partition coefficient (Wildman–Crippen LogP) is 5.49. The van der Waals surface area contributed by atoms with Crippen molar-refractivity contribution >= 4 is 17.4 Å². The number of hydrogen-bond donors (Lipinski definition) is 2. The molecule has 1 atom stereocenters. The van der Waals surface area contributed by atoms with Crippen molar-refractivity contribution in [1.29, 1.82) is 0 Å². The second-order valence-corrected chi connectivity index (χ2v) is 8.90. The predicted molar refractivity (Wildman–Crippen MR) is 137 cm³/mol. The van der Waals surface area contributed by atoms with Crippen molar-refractivity contribution in [3.8, 4) is 11.5 Å². The van der Waals surface area contributed by atoms with Gasteiger partial charge in [0.15, 0.2) is 0 Å². The van der Waals surface area contributed by atoms with Gasteiger partial charge in [-0.3, -0.25) is 9.59 Å². The minimum atomic E-state index is -0.908. The van der Waals surface area contributed by atoms with Crippen LogP contribution in [0.15, 0.2) is 101 Å². The van der Waals surface area contributed by atoms with Crippen LogP contribution >= 0.6 is 0 Å². The Morgan fingerprint density at radius 1 is 0.973 bits per heavy atom. The van der Waals surface area contributed by atoms with Crippen LogP contribution < -0.4 is 4.74 Å². The Morgan fingerprint density at radius 3 is 2.46 bits per heavy atom. The summed E-state index contributed by atoms with van der Waals surface area (Å²) < 4.78 is 11.3. The molecule has 0 radical (unpaired) electrons. The van der Waals surface area contributed by atoms with Crippen LogP contribution in [0.4, 0.5) is 0 Å². The first-order valence-electron chi connectivity index (χ1n) is 11.8. The van der Waals surface area contributed by atoms with Gasteiger partial charge in [0, 0.05) is 5.56 Å². The molecule has 1 aliphatic rings. The summed E-state index contributed by atoms with van der Waals surface area (Å²) in [5.74, 6) is -0.806. The van der Waals surface area contributed by atoms with Gasteiger partial charge in [0.1, 0.15) is 29.6 Å². The van der Waals surface area contributed by atoms with Crippen LogP contribution in [0.3, 0.4) is 0 Å². The van der Waals surface area contributed by atoms with Gasteiger partial charge in [-0.25, -0.2) is 0 Å². The van der Waals surface area contributed by atoms with E-state index in [1.807, 2.05) is 31.2 Å². The van der Waals surface area contributed by atoms with Gasteiger partial charge in [0.2, 0.25) is 0 Å². The van der Waals surface area contributed by atoms with Crippen LogP contribution in [-0.4, -0.2) is 26.8 Å². The quantitative estimate of drug-likeness (QED) is 0.200. The zero-order valence-electron chi connectivity index (χ0n) is 20.1. The van der Waals surface area contributed by atoms with Gasteiger partial charge in [0.05, 0.1) is 24.4 Å². The number of furan rings is 1. The number of hydrogen-bond acceptors (Lipinski definition) is 6. The number of amides is 1. The van der Waals surface area contributed by atoms with E-state index in [0.29, 0.717) is 29.2 Å². The van der Waals surface area contributed by atoms with Gasteiger partial charge in [-0.05, 0) is 66.6 Å². The lowest BCUT2D eigenvalue weighted by Crippen LogP contribution is -2.29. The maximum atomic E-state index is 13.2. The highest BCUT2D eigenvalue weighted by atomic mass is 16.5. The lowest BCUT2D eigenvalue weighted by atomic mass is 9.95. The smallest absolute Gasteiger partial charge is 0.296 e. The molecule has 0 aliphatic carbocycles. The van der Waals surface area contributed by atoms with Crippen molar-refractivity contribution in [2.24, 2.45) is 0 Å². The van der Waals surface area contributed by atoms with Crippen LogP contribution in [-0.2, 0) is 22.7 Å². The van der Waals surface area contributed by atoms with E-state index >= 15 is 0 Å². The Morgan fingerprint density at radius 2 is 1.76 bits per heavy atom. The third kappa shape index (κ3) is 4.97. The first-order valence-corrected chi connectivity index (χ1v) is 11.8. The number of carbonyl (C=O) groups is 2. The standard InChI is InChI=1S/C30H25NO6/c1-19-5-2-6-20(15-19)18-37-24-12-10-21(11-13-24)28(33)26-27(22-7-3-8-23(32)16-22)31(30(35)29(26)34)17-25-9-4-14-36-25/h2-16,27,32-33H,17-18H2,1H3/b28-26-. The van der Waals surface area contributed by atoms with E-state index in [2.05, 4.69) is 0 Å². The SMILES string of the molecule is Cc1cccc(COc2ccc(/C(O)=C3/C(=O)C(=O)N(Cc4ccco4)C3c3cccc(O)c3)cc2)c1. The minimum Gasteiger partial charge on any atom is -0.508 e. The monoisotopic (exact) mass is 495 g/mol. The number of aliphatic hydroxyl groups is 1. The number of aromatic hydroxyl groups is 1. The van der Waals surface area contributed by atoms with Crippen LogP contribution in [0.1, 0.15) is 34.1 Å². The zero-order valence-corrected chi connectivity index (χ0v) is 20.1. The topological polar surface area (TPSA) is 100 Å². The van der Waals surface area contributed by atoms with Crippen LogP contribution in [0, 0.1) is 6.92 Å². The Bertz CT molecular complexity index is 1470. The molecule has 4 aromatic rings. The molecule has 1 aliphatic heterocycles. The van der Waals surface area contributed by atoms with Gasteiger partial charge in [-0.2, -0.15) is 0 Å². The fraction of sp³-hybridized carbons (Fsp3) is 0.133. The maximum absolute atomic E-state index is 13.2. The highest BCUT2D eigenvalue weighted by Gasteiger charge is 2.46. The van der Waals surface area contributed by atoms with E-state index in [0.717, 1.165) is 11.1 Å². The Kier molecular flexibility index (Phi) is 6.51. The van der Waals surface area contributed by atoms with Crippen molar-refractivity contribution < 1.29 is 29.0 Å². The van der Waals surface area contributed by atoms with E-state index in [4.69, 9.17) is 9.15 Å². The number of likely N-dealkylation sites (tertiary alicyclic amines) is 1. The average Bonchev–Trinajstić information content (AvgIpc) is 3.50. The summed E-state index contributed by atoms with van der Waals surface area (Å²) in [7, 11) is 0. The summed E-state index contributed by atoms with van der Waals surface area (Å²) in [6.45, 7) is 2.44. The molecule has 2 heterocycles. The summed E-state index contributed by atoms with van der Waals surface area (Å²) in [6, 6.07) is 23.5. The lowest BCUT2D eigenvalue weighted by Gasteiger charge is -2.24. The second kappa shape index (κ2) is 10.1. The van der Waals surface area contributed by atoms with E-state index in [9.17, 15) is 19.8 Å². The summed E-state index contributed by atoms with van der Waals surface area (Å²) in [4.78, 5) is 27.5. The molecule has 1 aromatic heterocycles. The second-order valence-electron chi connectivity index (χ2n) is 8.90. The third-order valence-corrected chi connectivity index (χ3v) is 6.25. The number of Topliss-reactive ketones (excluding diaryl/α,β-unsaturated/α-hetero) is 1. The highest BCUT2D eigenvalue weighted by molar-refractivity contribution is 6.46. The molecule has 37 heavy (non-hydrogen) atoms. The molecule has 5 rings (SSSR count). The Labute approximate surface area is 213 Å². The fourth-order valence-corrected chi connectivity index (χ4v) is 4.49. The molecule has 1 fully saturated rings. The number of ether oxygens (including phenoxy) is 1. The summed E-state index contributed by atoms with van der Waals surface area (Å²) >= 11 is 0. The molecule has 2 N–H and O–H groups in total. The molecule has 0 saturated carbocycles. The van der Waals surface area contributed by atoms with Gasteiger partial charge in [-0.1, -0.05) is 42.0 Å². The molecule has 0 bridgehead atoms. The number of rotatable bonds is 7. The molecular formula is C30H25NO6. The molecule has 0 spiro atoms. The van der Waals surface area contributed by atoms with Crippen molar-refractivity contribution in [2.45, 2.75) is 26.1 Å². The fourth-order valence-electron chi connectivity index (χ4n) is 4.49. The van der Waals surface area contributed by atoms with Crippen molar-refractivity contribution in [2.75, 3.05) is 0 Å². The van der Waals surface area contributed by atoms with Crippen molar-refractivity contribution in [3.05, 3.63) is 125 Å². The number of nitrogens with zero attached hydrogens (tertiary/aromatic N) is 1. The third-order valence-electron chi connectivity index (χ3n) is 6.25. The number of carbonyl (C=O) groups excluding carboxylic acids is 2. The Hall–Kier alpha value is -4.78. The van der Waals surface area contributed by atoms with Crippen molar-refractivity contribution in [3.63, 3.8) is 0 Å². The van der Waals surface area contributed by atoms with E-state index in [-0.39, 0.29) is 23.6 Å². The molecule has 186 valence electrons. The minimum absolute atomic E-state index is 0.0174. The number of phenols is 1. The van der Waals surface area contributed by atoms with Gasteiger partial charge in [-0.15, -0.1) is 0 Å². The van der Waals surface area contributed by atoms with Gasteiger partial charge < -0.3 is 24.3 Å². The molecule has 7 nitrogen and oxygen atoms in total. The number of ketones is 1. The summed E-state index contributed by atoms with van der Waals surface area (Å²) in [5, 5.41) is 21.3. The summed E-state index contributed by atoms with van der Waals surface area (Å²) in [5.41, 5.74) is 2.98. The van der Waals surface area contributed by atoms with Crippen molar-refractivity contribution in [1.82, 2.24) is 4.90 Å². The number of benzene rings is 3. The van der Waals surface area contributed by atoms with Crippen LogP contribution in [0.2, 0.25) is 0 Å². The maximum Gasteiger partial charge on any atom is 0.296 e. The zero-order chi connectivity index (χ0) is 25.9. The van der Waals surface area contributed by atoms with Gasteiger partial charge in [0.25, 0.3) is 11.7 Å². The molecule has 3 aromatic carbocycles. The van der Waals surface area contributed by atoms with E-state index in [1.54, 1.807) is 48.5 Å². The largest absolute Gasteiger partial charge is 0.508 e. The first-order chi connectivity index (χ1) is 17.9. The average molecular weight is 496 g/mol. The number of aryl methyl sites for hydroxylation is 1. The summed E-state index contributed by atoms with van der Waals surface area (Å²) in [6.07, 6.45) is 1.48. The van der Waals surface area contributed by atoms with Crippen LogP contribution in [0.25, 0.3) is 5.76 Å².